The predicted octanol–water partition coefficient (Wildman–Crippen LogP) is 4.44. The number of carbonyl (C=O) groups excluding carboxylic acids is 1. The molecule has 0 spiro atoms. The lowest BCUT2D eigenvalue weighted by molar-refractivity contribution is 0.103. The zero-order valence-corrected chi connectivity index (χ0v) is 11.7. The molecule has 1 heterocycles. The SMILES string of the molecule is O=C(Nc1ccc2ccccc2c1)c1cc(S)cs1. The topological polar surface area (TPSA) is 29.1 Å². The Labute approximate surface area is 120 Å². The number of anilines is 1. The van der Waals surface area contributed by atoms with Crippen molar-refractivity contribution < 1.29 is 4.79 Å². The lowest BCUT2D eigenvalue weighted by Crippen LogP contribution is -2.09. The number of hydrogen-bond acceptors (Lipinski definition) is 3. The van der Waals surface area contributed by atoms with E-state index in [1.165, 1.54) is 11.3 Å². The molecule has 19 heavy (non-hydrogen) atoms. The monoisotopic (exact) mass is 285 g/mol. The van der Waals surface area contributed by atoms with Gasteiger partial charge in [-0.15, -0.1) is 24.0 Å². The molecule has 2 nitrogen and oxygen atoms in total. The summed E-state index contributed by atoms with van der Waals surface area (Å²) in [5, 5.41) is 7.02. The average molecular weight is 285 g/mol. The molecular weight excluding hydrogens is 274 g/mol. The van der Waals surface area contributed by atoms with E-state index in [-0.39, 0.29) is 5.91 Å². The average Bonchev–Trinajstić information content (AvgIpc) is 2.85. The largest absolute Gasteiger partial charge is 0.321 e. The Morgan fingerprint density at radius 1 is 1.05 bits per heavy atom. The Morgan fingerprint density at radius 2 is 1.84 bits per heavy atom. The maximum absolute atomic E-state index is 12.0. The van der Waals surface area contributed by atoms with Crippen LogP contribution >= 0.6 is 24.0 Å². The van der Waals surface area contributed by atoms with Crippen molar-refractivity contribution in [3.8, 4) is 0 Å². The number of benzene rings is 2. The van der Waals surface area contributed by atoms with E-state index in [0.717, 1.165) is 21.4 Å². The molecule has 0 bridgehead atoms. The van der Waals surface area contributed by atoms with Crippen molar-refractivity contribution in [2.45, 2.75) is 4.90 Å². The van der Waals surface area contributed by atoms with Crippen LogP contribution in [-0.2, 0) is 0 Å². The molecule has 4 heteroatoms. The lowest BCUT2D eigenvalue weighted by atomic mass is 10.1. The fourth-order valence-corrected chi connectivity index (χ4v) is 2.95. The molecule has 1 aromatic heterocycles. The van der Waals surface area contributed by atoms with Crippen LogP contribution in [0, 0.1) is 0 Å². The summed E-state index contributed by atoms with van der Waals surface area (Å²) in [6.07, 6.45) is 0. The van der Waals surface area contributed by atoms with Crippen molar-refractivity contribution in [1.29, 1.82) is 0 Å². The first kappa shape index (κ1) is 12.3. The number of nitrogens with one attached hydrogen (secondary N) is 1. The van der Waals surface area contributed by atoms with Gasteiger partial charge < -0.3 is 5.32 Å². The highest BCUT2D eigenvalue weighted by Crippen LogP contribution is 2.22. The Morgan fingerprint density at radius 3 is 2.58 bits per heavy atom. The van der Waals surface area contributed by atoms with Gasteiger partial charge in [-0.05, 0) is 29.0 Å². The van der Waals surface area contributed by atoms with Crippen molar-refractivity contribution in [1.82, 2.24) is 0 Å². The first-order valence-electron chi connectivity index (χ1n) is 5.80. The number of carbonyl (C=O) groups is 1. The van der Waals surface area contributed by atoms with Crippen LogP contribution in [0.4, 0.5) is 5.69 Å². The maximum atomic E-state index is 12.0. The van der Waals surface area contributed by atoms with Gasteiger partial charge in [0.15, 0.2) is 0 Å². The third-order valence-electron chi connectivity index (χ3n) is 2.82. The minimum Gasteiger partial charge on any atom is -0.321 e. The van der Waals surface area contributed by atoms with Crippen molar-refractivity contribution in [3.05, 3.63) is 58.8 Å². The predicted molar refractivity (Wildman–Crippen MR) is 83.5 cm³/mol. The van der Waals surface area contributed by atoms with E-state index in [0.29, 0.717) is 4.88 Å². The van der Waals surface area contributed by atoms with Gasteiger partial charge in [-0.3, -0.25) is 4.79 Å². The number of fused-ring (bicyclic) bond motifs is 1. The fourth-order valence-electron chi connectivity index (χ4n) is 1.91. The van der Waals surface area contributed by atoms with Gasteiger partial charge in [-0.25, -0.2) is 0 Å². The molecule has 1 N–H and O–H groups in total. The van der Waals surface area contributed by atoms with Crippen LogP contribution < -0.4 is 5.32 Å². The molecule has 2 aromatic carbocycles. The van der Waals surface area contributed by atoms with E-state index >= 15 is 0 Å². The number of rotatable bonds is 2. The molecule has 3 rings (SSSR count). The smallest absolute Gasteiger partial charge is 0.265 e. The number of amides is 1. The Balaban J connectivity index is 1.87. The summed E-state index contributed by atoms with van der Waals surface area (Å²) in [5.41, 5.74) is 0.804. The zero-order valence-electron chi connectivity index (χ0n) is 9.96. The van der Waals surface area contributed by atoms with Crippen LogP contribution in [-0.4, -0.2) is 5.91 Å². The summed E-state index contributed by atoms with van der Waals surface area (Å²) in [6, 6.07) is 15.7. The highest BCUT2D eigenvalue weighted by atomic mass is 32.1. The standard InChI is InChI=1S/C15H11NOS2/c17-15(14-8-13(18)9-19-14)16-12-6-5-10-3-1-2-4-11(10)7-12/h1-9,18H,(H,16,17). The van der Waals surface area contributed by atoms with Crippen molar-refractivity contribution >= 4 is 46.3 Å². The molecule has 0 aliphatic carbocycles. The molecule has 0 aliphatic rings. The molecule has 3 aromatic rings. The van der Waals surface area contributed by atoms with E-state index in [4.69, 9.17) is 0 Å². The third kappa shape index (κ3) is 2.64. The maximum Gasteiger partial charge on any atom is 0.265 e. The van der Waals surface area contributed by atoms with Crippen molar-refractivity contribution in [3.63, 3.8) is 0 Å². The first-order chi connectivity index (χ1) is 9.22. The summed E-state index contributed by atoms with van der Waals surface area (Å²) in [5.74, 6) is -0.0967. The van der Waals surface area contributed by atoms with Crippen LogP contribution in [0.1, 0.15) is 9.67 Å². The highest BCUT2D eigenvalue weighted by molar-refractivity contribution is 7.80. The van der Waals surface area contributed by atoms with Gasteiger partial charge in [-0.1, -0.05) is 30.3 Å². The molecular formula is C15H11NOS2. The quantitative estimate of drug-likeness (QED) is 0.670. The second kappa shape index (κ2) is 5.07. The van der Waals surface area contributed by atoms with Crippen molar-refractivity contribution in [2.75, 3.05) is 5.32 Å². The van der Waals surface area contributed by atoms with Gasteiger partial charge in [0.1, 0.15) is 0 Å². The lowest BCUT2D eigenvalue weighted by Gasteiger charge is -2.05. The van der Waals surface area contributed by atoms with Crippen LogP contribution in [0.25, 0.3) is 10.8 Å². The fraction of sp³-hybridized carbons (Fsp3) is 0. The van der Waals surface area contributed by atoms with Gasteiger partial charge in [-0.2, -0.15) is 0 Å². The van der Waals surface area contributed by atoms with E-state index in [9.17, 15) is 4.79 Å². The number of thiol groups is 1. The van der Waals surface area contributed by atoms with Crippen LogP contribution in [0.5, 0.6) is 0 Å². The zero-order chi connectivity index (χ0) is 13.2. The first-order valence-corrected chi connectivity index (χ1v) is 7.13. The summed E-state index contributed by atoms with van der Waals surface area (Å²) in [7, 11) is 0. The Bertz CT molecular complexity index is 748. The van der Waals surface area contributed by atoms with Crippen LogP contribution in [0.15, 0.2) is 58.8 Å². The third-order valence-corrected chi connectivity index (χ3v) is 4.18. The second-order valence-electron chi connectivity index (χ2n) is 4.19. The second-order valence-corrected chi connectivity index (χ2v) is 5.61. The van der Waals surface area contributed by atoms with Gasteiger partial charge in [0.05, 0.1) is 4.88 Å². The molecule has 0 atom stereocenters. The van der Waals surface area contributed by atoms with E-state index < -0.39 is 0 Å². The minimum absolute atomic E-state index is 0.0967. The van der Waals surface area contributed by atoms with E-state index in [2.05, 4.69) is 17.9 Å². The van der Waals surface area contributed by atoms with Crippen LogP contribution in [0.2, 0.25) is 0 Å². The summed E-state index contributed by atoms with van der Waals surface area (Å²) in [4.78, 5) is 13.5. The summed E-state index contributed by atoms with van der Waals surface area (Å²) in [6.45, 7) is 0. The number of thiophene rings is 1. The molecule has 94 valence electrons. The summed E-state index contributed by atoms with van der Waals surface area (Å²) >= 11 is 5.60. The molecule has 0 aliphatic heterocycles. The molecule has 0 radical (unpaired) electrons. The van der Waals surface area contributed by atoms with E-state index in [1.807, 2.05) is 47.8 Å². The molecule has 1 amide bonds. The molecule has 0 fully saturated rings. The highest BCUT2D eigenvalue weighted by Gasteiger charge is 2.08. The van der Waals surface area contributed by atoms with Gasteiger partial charge in [0.25, 0.3) is 5.91 Å². The van der Waals surface area contributed by atoms with Crippen molar-refractivity contribution in [2.24, 2.45) is 0 Å². The summed E-state index contributed by atoms with van der Waals surface area (Å²) < 4.78 is 0. The normalized spacial score (nSPS) is 10.6. The van der Waals surface area contributed by atoms with Gasteiger partial charge in [0, 0.05) is 16.0 Å². The Hall–Kier alpha value is -1.78. The van der Waals surface area contributed by atoms with Gasteiger partial charge >= 0.3 is 0 Å². The van der Waals surface area contributed by atoms with E-state index in [1.54, 1.807) is 6.07 Å². The van der Waals surface area contributed by atoms with Gasteiger partial charge in [0.2, 0.25) is 0 Å². The molecule has 0 saturated heterocycles. The minimum atomic E-state index is -0.0967. The van der Waals surface area contributed by atoms with Crippen LogP contribution in [0.3, 0.4) is 0 Å². The molecule has 0 unspecified atom stereocenters. The number of hydrogen-bond donors (Lipinski definition) is 2. The Kier molecular flexibility index (Phi) is 3.27. The molecule has 0 saturated carbocycles.